The SMILES string of the molecule is CC(C)(C)[C@H](NC(=O)C(F)(F)Cl)C(=O)N1C[C@H]2[C@@H]([C@H]1C(=O)N[C@H](C#N)C[C@H]1C(=O)Nc3ncccc31)C2(C)C. The fraction of sp³-hybridized carbons (Fsp3) is 0.615. The minimum atomic E-state index is -4.21. The molecule has 0 aromatic carbocycles. The molecular weight excluding hydrogens is 534 g/mol. The predicted octanol–water partition coefficient (Wildman–Crippen LogP) is 2.36. The summed E-state index contributed by atoms with van der Waals surface area (Å²) in [5.74, 6) is -3.96. The van der Waals surface area contributed by atoms with Gasteiger partial charge in [0.15, 0.2) is 0 Å². The summed E-state index contributed by atoms with van der Waals surface area (Å²) < 4.78 is 26.9. The molecule has 2 fully saturated rings. The summed E-state index contributed by atoms with van der Waals surface area (Å²) in [5, 5.41) is 13.0. The number of nitrogens with zero attached hydrogens (tertiary/aromatic N) is 3. The summed E-state index contributed by atoms with van der Waals surface area (Å²) >= 11 is 4.88. The molecular formula is C26H31ClF2N6O4. The van der Waals surface area contributed by atoms with Crippen LogP contribution in [0.1, 0.15) is 52.5 Å². The van der Waals surface area contributed by atoms with Gasteiger partial charge in [0.05, 0.1) is 12.0 Å². The molecule has 1 saturated heterocycles. The second-order valence-electron chi connectivity index (χ2n) is 12.1. The highest BCUT2D eigenvalue weighted by atomic mass is 35.5. The van der Waals surface area contributed by atoms with E-state index in [1.54, 1.807) is 32.9 Å². The summed E-state index contributed by atoms with van der Waals surface area (Å²) in [4.78, 5) is 57.2. The van der Waals surface area contributed by atoms with Crippen LogP contribution in [0, 0.1) is 34.0 Å². The Morgan fingerprint density at radius 1 is 1.31 bits per heavy atom. The van der Waals surface area contributed by atoms with E-state index in [0.717, 1.165) is 0 Å². The molecule has 39 heavy (non-hydrogen) atoms. The molecule has 0 radical (unpaired) electrons. The van der Waals surface area contributed by atoms with Gasteiger partial charge in [0.25, 0.3) is 0 Å². The van der Waals surface area contributed by atoms with Crippen LogP contribution in [0.5, 0.6) is 0 Å². The number of likely N-dealkylation sites (tertiary alicyclic amines) is 1. The van der Waals surface area contributed by atoms with E-state index in [4.69, 9.17) is 11.6 Å². The van der Waals surface area contributed by atoms with Crippen LogP contribution < -0.4 is 16.0 Å². The van der Waals surface area contributed by atoms with Gasteiger partial charge in [-0.05, 0) is 46.8 Å². The first-order chi connectivity index (χ1) is 18.0. The number of aromatic nitrogens is 1. The number of amides is 4. The second-order valence-corrected chi connectivity index (χ2v) is 12.5. The van der Waals surface area contributed by atoms with Crippen LogP contribution in [-0.4, -0.2) is 63.6 Å². The topological polar surface area (TPSA) is 144 Å². The van der Waals surface area contributed by atoms with E-state index in [-0.39, 0.29) is 36.1 Å². The van der Waals surface area contributed by atoms with Crippen LogP contribution in [0.25, 0.3) is 0 Å². The van der Waals surface area contributed by atoms with Crippen molar-refractivity contribution in [2.75, 3.05) is 11.9 Å². The molecule has 4 rings (SSSR count). The molecule has 0 spiro atoms. The van der Waals surface area contributed by atoms with Crippen LogP contribution in [0.4, 0.5) is 14.6 Å². The maximum atomic E-state index is 13.7. The van der Waals surface area contributed by atoms with Gasteiger partial charge in [-0.15, -0.1) is 0 Å². The van der Waals surface area contributed by atoms with Crippen molar-refractivity contribution in [3.63, 3.8) is 0 Å². The molecule has 3 N–H and O–H groups in total. The van der Waals surface area contributed by atoms with Gasteiger partial charge < -0.3 is 20.9 Å². The minimum absolute atomic E-state index is 0.00357. The molecule has 4 amide bonds. The van der Waals surface area contributed by atoms with E-state index in [0.29, 0.717) is 11.4 Å². The molecule has 3 heterocycles. The summed E-state index contributed by atoms with van der Waals surface area (Å²) in [5.41, 5.74) is -0.622. The van der Waals surface area contributed by atoms with E-state index < -0.39 is 52.6 Å². The molecule has 1 aromatic rings. The molecule has 1 aliphatic carbocycles. The molecule has 0 unspecified atom stereocenters. The number of carbonyl (C=O) groups is 4. The Bertz CT molecular complexity index is 1250. The fourth-order valence-corrected chi connectivity index (χ4v) is 5.91. The monoisotopic (exact) mass is 564 g/mol. The van der Waals surface area contributed by atoms with Gasteiger partial charge in [0.2, 0.25) is 17.7 Å². The Kier molecular flexibility index (Phi) is 7.13. The quantitative estimate of drug-likeness (QED) is 0.434. The standard InChI is InChI=1S/C26H31ClF2N6O4/c1-24(2,3)18(33-23(39)26(27,28)29)22(38)35-11-15-16(25(15,4)5)17(35)21(37)32-12(10-30)9-14-13-7-6-8-31-19(13)34-20(14)36/h6-8,12,14-18H,9,11H2,1-5H3,(H,32,37)(H,33,39)(H,31,34,36)/t12-,14+,15-,16-,17-,18+/m0/s1. The van der Waals surface area contributed by atoms with E-state index in [2.05, 4.69) is 20.9 Å². The molecule has 2 aliphatic heterocycles. The van der Waals surface area contributed by atoms with Gasteiger partial charge in [-0.3, -0.25) is 19.2 Å². The van der Waals surface area contributed by atoms with E-state index in [1.807, 2.05) is 19.9 Å². The van der Waals surface area contributed by atoms with Gasteiger partial charge >= 0.3 is 11.3 Å². The fourth-order valence-electron chi connectivity index (χ4n) is 5.86. The molecule has 0 bridgehead atoms. The van der Waals surface area contributed by atoms with E-state index in [9.17, 15) is 33.2 Å². The molecule has 10 nitrogen and oxygen atoms in total. The Morgan fingerprint density at radius 3 is 2.56 bits per heavy atom. The first-order valence-electron chi connectivity index (χ1n) is 12.6. The van der Waals surface area contributed by atoms with Crippen LogP contribution in [-0.2, 0) is 19.2 Å². The first-order valence-corrected chi connectivity index (χ1v) is 13.0. The number of piperidine rings is 1. The number of alkyl halides is 3. The molecule has 1 aromatic heterocycles. The third kappa shape index (κ3) is 5.29. The third-order valence-electron chi connectivity index (χ3n) is 8.12. The van der Waals surface area contributed by atoms with Gasteiger partial charge in [0.1, 0.15) is 23.9 Å². The lowest BCUT2D eigenvalue weighted by molar-refractivity contribution is -0.148. The Hall–Kier alpha value is -3.33. The first kappa shape index (κ1) is 28.7. The highest BCUT2D eigenvalue weighted by Gasteiger charge is 2.70. The molecule has 1 saturated carbocycles. The lowest BCUT2D eigenvalue weighted by Crippen LogP contribution is -2.61. The maximum Gasteiger partial charge on any atom is 0.399 e. The highest BCUT2D eigenvalue weighted by molar-refractivity contribution is 6.32. The molecule has 13 heteroatoms. The highest BCUT2D eigenvalue weighted by Crippen LogP contribution is 2.65. The number of nitriles is 1. The number of nitrogens with one attached hydrogen (secondary N) is 3. The minimum Gasteiger partial charge on any atom is -0.339 e. The number of hydrogen-bond acceptors (Lipinski definition) is 6. The average Bonchev–Trinajstić information content (AvgIpc) is 3.15. The normalized spacial score (nSPS) is 26.4. The van der Waals surface area contributed by atoms with E-state index in [1.165, 1.54) is 11.1 Å². The van der Waals surface area contributed by atoms with Crippen molar-refractivity contribution in [3.05, 3.63) is 23.9 Å². The number of fused-ring (bicyclic) bond motifs is 2. The van der Waals surface area contributed by atoms with Crippen LogP contribution >= 0.6 is 11.6 Å². The molecule has 210 valence electrons. The predicted molar refractivity (Wildman–Crippen MR) is 136 cm³/mol. The summed E-state index contributed by atoms with van der Waals surface area (Å²) in [6, 6.07) is 2.00. The van der Waals surface area contributed by atoms with Crippen molar-refractivity contribution in [2.45, 2.75) is 70.5 Å². The lowest BCUT2D eigenvalue weighted by atomic mass is 9.85. The smallest absolute Gasteiger partial charge is 0.339 e. The Balaban J connectivity index is 1.54. The average molecular weight is 565 g/mol. The largest absolute Gasteiger partial charge is 0.399 e. The zero-order chi connectivity index (χ0) is 29.1. The summed E-state index contributed by atoms with van der Waals surface area (Å²) in [7, 11) is 0. The van der Waals surface area contributed by atoms with Crippen molar-refractivity contribution in [1.29, 1.82) is 5.26 Å². The van der Waals surface area contributed by atoms with Crippen molar-refractivity contribution >= 4 is 41.0 Å². The number of hydrogen-bond donors (Lipinski definition) is 3. The number of anilines is 1. The van der Waals surface area contributed by atoms with Crippen LogP contribution in [0.2, 0.25) is 0 Å². The zero-order valence-electron chi connectivity index (χ0n) is 22.2. The summed E-state index contributed by atoms with van der Waals surface area (Å²) in [6.07, 6.45) is 1.53. The van der Waals surface area contributed by atoms with Gasteiger partial charge in [0, 0.05) is 18.3 Å². The third-order valence-corrected chi connectivity index (χ3v) is 8.29. The van der Waals surface area contributed by atoms with Crippen molar-refractivity contribution in [3.8, 4) is 6.07 Å². The summed E-state index contributed by atoms with van der Waals surface area (Å²) in [6.45, 7) is 8.93. The molecule has 3 aliphatic rings. The Labute approximate surface area is 229 Å². The van der Waals surface area contributed by atoms with E-state index >= 15 is 0 Å². The maximum absolute atomic E-state index is 13.7. The second kappa shape index (κ2) is 9.70. The number of pyridine rings is 1. The number of halogens is 3. The molecule has 6 atom stereocenters. The number of rotatable bonds is 7. The van der Waals surface area contributed by atoms with Gasteiger partial charge in [-0.2, -0.15) is 14.0 Å². The van der Waals surface area contributed by atoms with Crippen molar-refractivity contribution < 1.29 is 28.0 Å². The van der Waals surface area contributed by atoms with Crippen LogP contribution in [0.15, 0.2) is 18.3 Å². The lowest BCUT2D eigenvalue weighted by Gasteiger charge is -2.38. The van der Waals surface area contributed by atoms with Gasteiger partial charge in [-0.1, -0.05) is 40.7 Å². The van der Waals surface area contributed by atoms with Crippen molar-refractivity contribution in [1.82, 2.24) is 20.5 Å². The van der Waals surface area contributed by atoms with Crippen molar-refractivity contribution in [2.24, 2.45) is 22.7 Å². The van der Waals surface area contributed by atoms with Crippen LogP contribution in [0.3, 0.4) is 0 Å². The Morgan fingerprint density at radius 2 is 1.97 bits per heavy atom. The number of carbonyl (C=O) groups excluding carboxylic acids is 4. The zero-order valence-corrected chi connectivity index (χ0v) is 23.0. The van der Waals surface area contributed by atoms with Gasteiger partial charge in [-0.25, -0.2) is 4.98 Å².